The molecule has 5 nitrogen and oxygen atoms in total. The van der Waals surface area contributed by atoms with E-state index in [0.717, 1.165) is 38.1 Å². The largest absolute Gasteiger partial charge is 0.483 e. The molecule has 1 aromatic carbocycles. The lowest BCUT2D eigenvalue weighted by Crippen LogP contribution is -2.32. The maximum atomic E-state index is 13.2. The molecule has 1 fully saturated rings. The van der Waals surface area contributed by atoms with Gasteiger partial charge >= 0.3 is 5.97 Å². The molecule has 0 aliphatic carbocycles. The molecule has 1 amide bonds. The Hall–Kier alpha value is -2.37. The average Bonchev–Trinajstić information content (AvgIpc) is 2.98. The SMILES string of the molecule is O=C(O)/C=C/c1cc(F)ccc1OCC(=O)N1CCCC1. The molecule has 1 aliphatic rings. The molecule has 21 heavy (non-hydrogen) atoms. The quantitative estimate of drug-likeness (QED) is 0.842. The molecule has 0 atom stereocenters. The smallest absolute Gasteiger partial charge is 0.328 e. The number of likely N-dealkylation sites (tertiary alicyclic amines) is 1. The van der Waals surface area contributed by atoms with Crippen LogP contribution in [-0.4, -0.2) is 41.6 Å². The number of nitrogens with zero attached hydrogens (tertiary/aromatic N) is 1. The normalized spacial score (nSPS) is 14.6. The number of amides is 1. The van der Waals surface area contributed by atoms with Crippen molar-refractivity contribution in [2.75, 3.05) is 19.7 Å². The van der Waals surface area contributed by atoms with Gasteiger partial charge in [0.15, 0.2) is 6.61 Å². The number of benzene rings is 1. The van der Waals surface area contributed by atoms with Crippen LogP contribution in [0.1, 0.15) is 18.4 Å². The molecule has 6 heteroatoms. The highest BCUT2D eigenvalue weighted by atomic mass is 19.1. The third-order valence-corrected chi connectivity index (χ3v) is 3.19. The fraction of sp³-hybridized carbons (Fsp3) is 0.333. The maximum absolute atomic E-state index is 13.2. The summed E-state index contributed by atoms with van der Waals surface area (Å²) in [5, 5.41) is 8.61. The van der Waals surface area contributed by atoms with E-state index in [1.165, 1.54) is 18.2 Å². The van der Waals surface area contributed by atoms with E-state index >= 15 is 0 Å². The van der Waals surface area contributed by atoms with Gasteiger partial charge in [0.1, 0.15) is 11.6 Å². The average molecular weight is 293 g/mol. The summed E-state index contributed by atoms with van der Waals surface area (Å²) >= 11 is 0. The van der Waals surface area contributed by atoms with Crippen LogP contribution < -0.4 is 4.74 Å². The van der Waals surface area contributed by atoms with Crippen LogP contribution in [0.2, 0.25) is 0 Å². The van der Waals surface area contributed by atoms with Gasteiger partial charge in [-0.2, -0.15) is 0 Å². The minimum absolute atomic E-state index is 0.120. The van der Waals surface area contributed by atoms with Gasteiger partial charge in [0.05, 0.1) is 0 Å². The molecule has 1 N–H and O–H groups in total. The molecule has 1 saturated heterocycles. The second-order valence-electron chi connectivity index (χ2n) is 4.73. The summed E-state index contributed by atoms with van der Waals surface area (Å²) in [7, 11) is 0. The Morgan fingerprint density at radius 1 is 1.33 bits per heavy atom. The molecule has 112 valence electrons. The van der Waals surface area contributed by atoms with E-state index < -0.39 is 11.8 Å². The predicted octanol–water partition coefficient (Wildman–Crippen LogP) is 1.92. The molecule has 0 radical (unpaired) electrons. The number of hydrogen-bond donors (Lipinski definition) is 1. The molecular formula is C15H16FNO4. The number of halogens is 1. The molecule has 0 bridgehead atoms. The van der Waals surface area contributed by atoms with E-state index in [1.807, 2.05) is 0 Å². The lowest BCUT2D eigenvalue weighted by atomic mass is 10.2. The summed E-state index contributed by atoms with van der Waals surface area (Å²) in [4.78, 5) is 24.1. The highest BCUT2D eigenvalue weighted by Crippen LogP contribution is 2.21. The summed E-state index contributed by atoms with van der Waals surface area (Å²) < 4.78 is 18.6. The van der Waals surface area contributed by atoms with Gasteiger partial charge in [0, 0.05) is 24.7 Å². The molecule has 1 heterocycles. The molecule has 0 unspecified atom stereocenters. The summed E-state index contributed by atoms with van der Waals surface area (Å²) in [6.45, 7) is 1.33. The lowest BCUT2D eigenvalue weighted by molar-refractivity contribution is -0.132. The third-order valence-electron chi connectivity index (χ3n) is 3.19. The topological polar surface area (TPSA) is 66.8 Å². The fourth-order valence-corrected chi connectivity index (χ4v) is 2.14. The van der Waals surface area contributed by atoms with Crippen LogP contribution in [-0.2, 0) is 9.59 Å². The molecule has 2 rings (SSSR count). The van der Waals surface area contributed by atoms with Gasteiger partial charge < -0.3 is 14.7 Å². The van der Waals surface area contributed by atoms with Crippen LogP contribution in [0.15, 0.2) is 24.3 Å². The highest BCUT2D eigenvalue weighted by Gasteiger charge is 2.18. The van der Waals surface area contributed by atoms with Crippen molar-refractivity contribution in [3.8, 4) is 5.75 Å². The molecule has 0 spiro atoms. The van der Waals surface area contributed by atoms with Crippen molar-refractivity contribution in [3.05, 3.63) is 35.7 Å². The second-order valence-corrected chi connectivity index (χ2v) is 4.73. The summed E-state index contributed by atoms with van der Waals surface area (Å²) in [5.74, 6) is -1.48. The molecule has 1 aliphatic heterocycles. The van der Waals surface area contributed by atoms with E-state index in [9.17, 15) is 14.0 Å². The Kier molecular flexibility index (Phi) is 4.92. The first-order valence-corrected chi connectivity index (χ1v) is 6.67. The lowest BCUT2D eigenvalue weighted by Gasteiger charge is -2.16. The minimum Gasteiger partial charge on any atom is -0.483 e. The first-order chi connectivity index (χ1) is 10.1. The number of aliphatic carboxylic acids is 1. The third kappa shape index (κ3) is 4.30. The van der Waals surface area contributed by atoms with Gasteiger partial charge in [-0.15, -0.1) is 0 Å². The van der Waals surface area contributed by atoms with Crippen LogP contribution in [0.25, 0.3) is 6.08 Å². The first kappa shape index (κ1) is 15.0. The Bertz CT molecular complexity index is 565. The van der Waals surface area contributed by atoms with Crippen molar-refractivity contribution in [2.45, 2.75) is 12.8 Å². The molecular weight excluding hydrogens is 277 g/mol. The van der Waals surface area contributed by atoms with Crippen LogP contribution in [0.5, 0.6) is 5.75 Å². The van der Waals surface area contributed by atoms with E-state index in [-0.39, 0.29) is 23.8 Å². The molecule has 1 aromatic rings. The summed E-state index contributed by atoms with van der Waals surface area (Å²) in [5.41, 5.74) is 0.284. The number of hydrogen-bond acceptors (Lipinski definition) is 3. The van der Waals surface area contributed by atoms with Crippen LogP contribution >= 0.6 is 0 Å². The van der Waals surface area contributed by atoms with E-state index in [1.54, 1.807) is 4.90 Å². The highest BCUT2D eigenvalue weighted by molar-refractivity contribution is 5.86. The van der Waals surface area contributed by atoms with Crippen LogP contribution in [0.4, 0.5) is 4.39 Å². The van der Waals surface area contributed by atoms with Gasteiger partial charge in [-0.3, -0.25) is 4.79 Å². The van der Waals surface area contributed by atoms with Crippen LogP contribution in [0.3, 0.4) is 0 Å². The zero-order valence-corrected chi connectivity index (χ0v) is 11.4. The predicted molar refractivity (Wildman–Crippen MR) is 74.4 cm³/mol. The Morgan fingerprint density at radius 2 is 2.05 bits per heavy atom. The fourth-order valence-electron chi connectivity index (χ4n) is 2.14. The molecule has 0 aromatic heterocycles. The number of carboxylic acid groups (broad SMARTS) is 1. The number of carbonyl (C=O) groups is 2. The number of carbonyl (C=O) groups excluding carboxylic acids is 1. The van der Waals surface area contributed by atoms with Crippen molar-refractivity contribution in [1.82, 2.24) is 4.90 Å². The van der Waals surface area contributed by atoms with Gasteiger partial charge in [-0.25, -0.2) is 9.18 Å². The van der Waals surface area contributed by atoms with E-state index in [0.29, 0.717) is 0 Å². The van der Waals surface area contributed by atoms with Gasteiger partial charge in [0.2, 0.25) is 0 Å². The first-order valence-electron chi connectivity index (χ1n) is 6.67. The number of rotatable bonds is 5. The molecule has 0 saturated carbocycles. The van der Waals surface area contributed by atoms with Gasteiger partial charge in [0.25, 0.3) is 5.91 Å². The van der Waals surface area contributed by atoms with E-state index in [4.69, 9.17) is 9.84 Å². The van der Waals surface area contributed by atoms with Gasteiger partial charge in [-0.1, -0.05) is 0 Å². The van der Waals surface area contributed by atoms with Crippen LogP contribution in [0, 0.1) is 5.82 Å². The van der Waals surface area contributed by atoms with E-state index in [2.05, 4.69) is 0 Å². The van der Waals surface area contributed by atoms with Crippen molar-refractivity contribution in [2.24, 2.45) is 0 Å². The van der Waals surface area contributed by atoms with Crippen molar-refractivity contribution < 1.29 is 23.8 Å². The number of carboxylic acids is 1. The zero-order valence-electron chi connectivity index (χ0n) is 11.4. The number of ether oxygens (including phenoxy) is 1. The monoisotopic (exact) mass is 293 g/mol. The minimum atomic E-state index is -1.14. The Balaban J connectivity index is 2.04. The maximum Gasteiger partial charge on any atom is 0.328 e. The van der Waals surface area contributed by atoms with Crippen molar-refractivity contribution >= 4 is 18.0 Å². The van der Waals surface area contributed by atoms with Gasteiger partial charge in [-0.05, 0) is 37.1 Å². The standard InChI is InChI=1S/C15H16FNO4/c16-12-4-5-13(11(9-12)3-6-15(19)20)21-10-14(18)17-7-1-2-8-17/h3-6,9H,1-2,7-8,10H2,(H,19,20)/b6-3+. The summed E-state index contributed by atoms with van der Waals surface area (Å²) in [6, 6.07) is 3.75. The Morgan fingerprint density at radius 3 is 2.71 bits per heavy atom. The van der Waals surface area contributed by atoms with Crippen molar-refractivity contribution in [1.29, 1.82) is 0 Å². The Labute approximate surface area is 121 Å². The zero-order chi connectivity index (χ0) is 15.2. The van der Waals surface area contributed by atoms with Crippen molar-refractivity contribution in [3.63, 3.8) is 0 Å². The second kappa shape index (κ2) is 6.88. The summed E-state index contributed by atoms with van der Waals surface area (Å²) in [6.07, 6.45) is 4.12.